The molecule has 5 nitrogen and oxygen atoms in total. The van der Waals surface area contributed by atoms with E-state index in [4.69, 9.17) is 13.3 Å². The van der Waals surface area contributed by atoms with E-state index >= 15 is 0 Å². The molecule has 10 aromatic carbocycles. The SMILES string of the molecule is Fc1ccc(N(c2cc3oc4cc(N(c5ccc(F)cc5)c5cccc6c5oc5c(C7CCCCC7)cccc56)c5ccccc5c4c3c3ccccc23)c2cccc3c2oc2c(C4CCCCC4)cccc23)cc1. The van der Waals surface area contributed by atoms with Crippen LogP contribution in [-0.4, -0.2) is 0 Å². The van der Waals surface area contributed by atoms with Gasteiger partial charge in [0.1, 0.15) is 34.0 Å². The molecule has 3 aromatic heterocycles. The molecule has 366 valence electrons. The Morgan fingerprint density at radius 2 is 0.680 bits per heavy atom. The standard InChI is InChI=1S/C68H52F2N2O3/c69-43-31-35-45(36-32-43)71(57-29-13-27-55-53-25-11-23-47(65(53)74-67(55)57)41-15-3-1-4-16-41)59-39-61-63(51-21-9-7-19-49(51)59)64-52-22-10-8-20-50(52)60(40-62(64)73-61)72(46-37-33-44(70)34-38-46)58-30-14-28-56-54-26-12-24-48(66(54)75-68(56)58)42-17-5-2-6-18-42/h7-14,19-42H,1-6,15-18H2. The van der Waals surface area contributed by atoms with E-state index in [1.165, 1.54) is 73.9 Å². The van der Waals surface area contributed by atoms with Crippen molar-refractivity contribution in [3.63, 3.8) is 0 Å². The summed E-state index contributed by atoms with van der Waals surface area (Å²) >= 11 is 0. The molecule has 3 heterocycles. The molecule has 2 aliphatic rings. The van der Waals surface area contributed by atoms with Crippen LogP contribution in [0.3, 0.4) is 0 Å². The van der Waals surface area contributed by atoms with Crippen LogP contribution in [0.5, 0.6) is 0 Å². The van der Waals surface area contributed by atoms with Gasteiger partial charge in [-0.15, -0.1) is 0 Å². The number of anilines is 6. The van der Waals surface area contributed by atoms with Gasteiger partial charge in [-0.1, -0.05) is 148 Å². The van der Waals surface area contributed by atoms with Gasteiger partial charge in [-0.3, -0.25) is 0 Å². The van der Waals surface area contributed by atoms with Gasteiger partial charge in [-0.25, -0.2) is 8.78 Å². The minimum Gasteiger partial charge on any atom is -0.456 e. The molecule has 0 spiro atoms. The Labute approximate surface area is 432 Å². The van der Waals surface area contributed by atoms with Gasteiger partial charge in [-0.2, -0.15) is 0 Å². The summed E-state index contributed by atoms with van der Waals surface area (Å²) < 4.78 is 51.4. The molecular formula is C68H52F2N2O3. The lowest BCUT2D eigenvalue weighted by molar-refractivity contribution is 0.442. The summed E-state index contributed by atoms with van der Waals surface area (Å²) in [5, 5.41) is 10.3. The number of halogens is 2. The van der Waals surface area contributed by atoms with Crippen LogP contribution in [-0.2, 0) is 0 Å². The van der Waals surface area contributed by atoms with E-state index in [0.717, 1.165) is 136 Å². The second kappa shape index (κ2) is 17.6. The number of fused-ring (bicyclic) bond motifs is 13. The largest absolute Gasteiger partial charge is 0.456 e. The second-order valence-electron chi connectivity index (χ2n) is 21.0. The van der Waals surface area contributed by atoms with E-state index in [2.05, 4.69) is 143 Å². The zero-order chi connectivity index (χ0) is 49.7. The van der Waals surface area contributed by atoms with Gasteiger partial charge in [-0.05, 0) is 120 Å². The fourth-order valence-electron chi connectivity index (χ4n) is 13.3. The predicted molar refractivity (Wildman–Crippen MR) is 304 cm³/mol. The fraction of sp³-hybridized carbons (Fsp3) is 0.176. The third-order valence-electron chi connectivity index (χ3n) is 16.7. The Kier molecular flexibility index (Phi) is 10.4. The summed E-state index contributed by atoms with van der Waals surface area (Å²) in [7, 11) is 0. The first-order valence-corrected chi connectivity index (χ1v) is 26.8. The van der Waals surface area contributed by atoms with Crippen LogP contribution in [0.1, 0.15) is 87.2 Å². The van der Waals surface area contributed by atoms with Gasteiger partial charge in [0.2, 0.25) is 0 Å². The van der Waals surface area contributed by atoms with Crippen LogP contribution in [0, 0.1) is 11.6 Å². The lowest BCUT2D eigenvalue weighted by atomic mass is 9.83. The Hall–Kier alpha value is -8.42. The minimum absolute atomic E-state index is 0.312. The highest BCUT2D eigenvalue weighted by Gasteiger charge is 2.29. The Balaban J connectivity index is 0.969. The minimum atomic E-state index is -0.312. The Morgan fingerprint density at radius 3 is 1.09 bits per heavy atom. The van der Waals surface area contributed by atoms with E-state index in [1.54, 1.807) is 0 Å². The molecule has 75 heavy (non-hydrogen) atoms. The molecule has 0 N–H and O–H groups in total. The zero-order valence-corrected chi connectivity index (χ0v) is 41.4. The monoisotopic (exact) mass is 982 g/mol. The number of hydrogen-bond acceptors (Lipinski definition) is 5. The molecule has 2 saturated carbocycles. The van der Waals surface area contributed by atoms with Crippen molar-refractivity contribution in [3.05, 3.63) is 205 Å². The van der Waals surface area contributed by atoms with Crippen molar-refractivity contribution >= 4 is 121 Å². The van der Waals surface area contributed by atoms with Crippen molar-refractivity contribution in [2.45, 2.75) is 76.0 Å². The van der Waals surface area contributed by atoms with Crippen LogP contribution < -0.4 is 9.80 Å². The highest BCUT2D eigenvalue weighted by Crippen LogP contribution is 2.52. The first kappa shape index (κ1) is 44.1. The fourth-order valence-corrected chi connectivity index (χ4v) is 13.3. The number of benzene rings is 10. The number of furan rings is 3. The molecule has 0 radical (unpaired) electrons. The maximum Gasteiger partial charge on any atom is 0.159 e. The number of para-hydroxylation sites is 4. The maximum absolute atomic E-state index is 14.9. The molecule has 7 heteroatoms. The smallest absolute Gasteiger partial charge is 0.159 e. The van der Waals surface area contributed by atoms with Gasteiger partial charge in [0.15, 0.2) is 11.2 Å². The Morgan fingerprint density at radius 1 is 0.320 bits per heavy atom. The van der Waals surface area contributed by atoms with Gasteiger partial charge in [0.05, 0.1) is 22.7 Å². The molecule has 15 rings (SSSR count). The summed E-state index contributed by atoms with van der Waals surface area (Å²) in [6.07, 6.45) is 12.1. The van der Waals surface area contributed by atoms with E-state index < -0.39 is 0 Å². The molecule has 0 bridgehead atoms. The summed E-state index contributed by atoms with van der Waals surface area (Å²) in [6.45, 7) is 0. The van der Waals surface area contributed by atoms with Crippen molar-refractivity contribution < 1.29 is 22.0 Å². The quantitative estimate of drug-likeness (QED) is 0.152. The van der Waals surface area contributed by atoms with Gasteiger partial charge in [0, 0.05) is 66.6 Å². The number of rotatable bonds is 8. The van der Waals surface area contributed by atoms with Gasteiger partial charge in [0.25, 0.3) is 0 Å². The van der Waals surface area contributed by atoms with E-state index in [9.17, 15) is 8.78 Å². The topological polar surface area (TPSA) is 45.9 Å². The zero-order valence-electron chi connectivity index (χ0n) is 41.4. The highest BCUT2D eigenvalue weighted by molar-refractivity contribution is 6.30. The average Bonchev–Trinajstić information content (AvgIpc) is 4.18. The normalized spacial score (nSPS) is 15.0. The number of hydrogen-bond donors (Lipinski definition) is 0. The third-order valence-corrected chi connectivity index (χ3v) is 16.7. The second-order valence-corrected chi connectivity index (χ2v) is 21.0. The molecule has 0 amide bonds. The molecule has 0 atom stereocenters. The highest BCUT2D eigenvalue weighted by atomic mass is 19.1. The molecule has 2 aliphatic carbocycles. The molecule has 13 aromatic rings. The maximum atomic E-state index is 14.9. The Bertz CT molecular complexity index is 4090. The van der Waals surface area contributed by atoms with Crippen molar-refractivity contribution in [1.29, 1.82) is 0 Å². The van der Waals surface area contributed by atoms with E-state index in [1.807, 2.05) is 24.3 Å². The van der Waals surface area contributed by atoms with E-state index in [-0.39, 0.29) is 11.6 Å². The van der Waals surface area contributed by atoms with Crippen molar-refractivity contribution in [3.8, 4) is 0 Å². The van der Waals surface area contributed by atoms with Crippen LogP contribution in [0.25, 0.3) is 87.4 Å². The summed E-state index contributed by atoms with van der Waals surface area (Å²) in [4.78, 5) is 4.40. The molecule has 0 saturated heterocycles. The molecule has 2 fully saturated rings. The van der Waals surface area contributed by atoms with Gasteiger partial charge >= 0.3 is 0 Å². The van der Waals surface area contributed by atoms with Crippen molar-refractivity contribution in [2.24, 2.45) is 0 Å². The lowest BCUT2D eigenvalue weighted by Gasteiger charge is -2.27. The predicted octanol–water partition coefficient (Wildman–Crippen LogP) is 21.0. The van der Waals surface area contributed by atoms with Crippen LogP contribution >= 0.6 is 0 Å². The van der Waals surface area contributed by atoms with Crippen LogP contribution in [0.4, 0.5) is 42.9 Å². The lowest BCUT2D eigenvalue weighted by Crippen LogP contribution is -2.11. The average molecular weight is 983 g/mol. The summed E-state index contributed by atoms with van der Waals surface area (Å²) in [6, 6.07) is 60.6. The van der Waals surface area contributed by atoms with Crippen molar-refractivity contribution in [2.75, 3.05) is 9.80 Å². The first-order chi connectivity index (χ1) is 37.0. The molecular weight excluding hydrogens is 931 g/mol. The molecule has 0 aliphatic heterocycles. The van der Waals surface area contributed by atoms with Gasteiger partial charge < -0.3 is 23.1 Å². The van der Waals surface area contributed by atoms with Crippen LogP contribution in [0.2, 0.25) is 0 Å². The van der Waals surface area contributed by atoms with E-state index in [0.29, 0.717) is 23.0 Å². The number of nitrogens with zero attached hydrogens (tertiary/aromatic N) is 2. The summed E-state index contributed by atoms with van der Waals surface area (Å²) in [5.74, 6) is 0.287. The van der Waals surface area contributed by atoms with Crippen LogP contribution in [0.15, 0.2) is 195 Å². The first-order valence-electron chi connectivity index (χ1n) is 26.8. The summed E-state index contributed by atoms with van der Waals surface area (Å²) in [5.41, 5.74) is 12.4. The molecule has 0 unspecified atom stereocenters. The third kappa shape index (κ3) is 7.07. The van der Waals surface area contributed by atoms with Crippen molar-refractivity contribution in [1.82, 2.24) is 0 Å².